The summed E-state index contributed by atoms with van der Waals surface area (Å²) >= 11 is 0. The highest BCUT2D eigenvalue weighted by Gasteiger charge is 2.26. The van der Waals surface area contributed by atoms with Crippen molar-refractivity contribution in [1.82, 2.24) is 9.88 Å². The largest absolute Gasteiger partial charge is 0.444 e. The molecule has 1 fully saturated rings. The number of aliphatic hydroxyl groups is 1. The summed E-state index contributed by atoms with van der Waals surface area (Å²) in [4.78, 5) is 18.9. The van der Waals surface area contributed by atoms with Crippen molar-refractivity contribution >= 4 is 5.91 Å². The Morgan fingerprint density at radius 2 is 2.13 bits per heavy atom. The van der Waals surface area contributed by atoms with E-state index < -0.39 is 0 Å². The second kappa shape index (κ2) is 7.42. The van der Waals surface area contributed by atoms with Crippen LogP contribution in [0.4, 0.5) is 0 Å². The van der Waals surface area contributed by atoms with Crippen molar-refractivity contribution in [2.75, 3.05) is 13.2 Å². The van der Waals surface area contributed by atoms with Crippen LogP contribution in [0.25, 0.3) is 11.5 Å². The van der Waals surface area contributed by atoms with Crippen molar-refractivity contribution in [3.05, 3.63) is 42.3 Å². The quantitative estimate of drug-likeness (QED) is 0.921. The average Bonchev–Trinajstić information content (AvgIpc) is 3.05. The molecule has 0 aliphatic carbocycles. The number of aromatic nitrogens is 1. The number of likely N-dealkylation sites (tertiary alicyclic amines) is 1. The van der Waals surface area contributed by atoms with Crippen molar-refractivity contribution in [3.63, 3.8) is 0 Å². The lowest BCUT2D eigenvalue weighted by Crippen LogP contribution is -2.44. The number of benzene rings is 1. The van der Waals surface area contributed by atoms with Crippen molar-refractivity contribution in [3.8, 4) is 11.5 Å². The Balaban J connectivity index is 1.67. The average molecular weight is 314 g/mol. The Bertz CT molecular complexity index is 637. The molecule has 122 valence electrons. The number of hydrogen-bond donors (Lipinski definition) is 1. The Morgan fingerprint density at radius 1 is 1.30 bits per heavy atom. The van der Waals surface area contributed by atoms with Gasteiger partial charge in [0.2, 0.25) is 11.8 Å². The maximum Gasteiger partial charge on any atom is 0.228 e. The van der Waals surface area contributed by atoms with Gasteiger partial charge in [0, 0.05) is 24.8 Å². The Labute approximate surface area is 135 Å². The number of hydrogen-bond acceptors (Lipinski definition) is 4. The number of piperidine rings is 1. The molecule has 1 N–H and O–H groups in total. The van der Waals surface area contributed by atoms with E-state index in [0.29, 0.717) is 18.0 Å². The van der Waals surface area contributed by atoms with Crippen molar-refractivity contribution in [2.24, 2.45) is 0 Å². The topological polar surface area (TPSA) is 66.6 Å². The molecule has 0 spiro atoms. The fourth-order valence-electron chi connectivity index (χ4n) is 3.14. The zero-order chi connectivity index (χ0) is 16.1. The number of rotatable bonds is 5. The molecular formula is C18H22N2O3. The monoisotopic (exact) mass is 314 g/mol. The molecule has 23 heavy (non-hydrogen) atoms. The summed E-state index contributed by atoms with van der Waals surface area (Å²) in [6, 6.07) is 9.81. The summed E-state index contributed by atoms with van der Waals surface area (Å²) in [6.45, 7) is 0.892. The first-order chi connectivity index (χ1) is 11.3. The third-order valence-corrected chi connectivity index (χ3v) is 4.31. The first-order valence-corrected chi connectivity index (χ1v) is 8.18. The molecule has 0 bridgehead atoms. The van der Waals surface area contributed by atoms with E-state index in [0.717, 1.165) is 31.4 Å². The van der Waals surface area contributed by atoms with Crippen LogP contribution in [0, 0.1) is 0 Å². The number of oxazole rings is 1. The van der Waals surface area contributed by atoms with Crippen molar-refractivity contribution in [1.29, 1.82) is 0 Å². The molecular weight excluding hydrogens is 292 g/mol. The molecule has 5 nitrogen and oxygen atoms in total. The van der Waals surface area contributed by atoms with Crippen LogP contribution in [0.15, 0.2) is 41.0 Å². The summed E-state index contributed by atoms with van der Waals surface area (Å²) in [7, 11) is 0. The van der Waals surface area contributed by atoms with E-state index in [1.807, 2.05) is 35.2 Å². The SMILES string of the molecule is O=C(Cc1coc(-c2ccccc2)n1)N1CCCCC1CCO. The predicted octanol–water partition coefficient (Wildman–Crippen LogP) is 2.65. The molecule has 2 heterocycles. The van der Waals surface area contributed by atoms with Crippen LogP contribution in [0.3, 0.4) is 0 Å². The summed E-state index contributed by atoms with van der Waals surface area (Å²) in [5.74, 6) is 0.606. The van der Waals surface area contributed by atoms with E-state index in [-0.39, 0.29) is 25.0 Å². The fraction of sp³-hybridized carbons (Fsp3) is 0.444. The van der Waals surface area contributed by atoms with Gasteiger partial charge >= 0.3 is 0 Å². The van der Waals surface area contributed by atoms with E-state index in [1.54, 1.807) is 6.26 Å². The summed E-state index contributed by atoms with van der Waals surface area (Å²) in [5.41, 5.74) is 1.56. The molecule has 1 aromatic heterocycles. The van der Waals surface area contributed by atoms with E-state index in [1.165, 1.54) is 0 Å². The molecule has 1 atom stereocenters. The van der Waals surface area contributed by atoms with Gasteiger partial charge in [0.25, 0.3) is 0 Å². The minimum absolute atomic E-state index is 0.0658. The lowest BCUT2D eigenvalue weighted by Gasteiger charge is -2.35. The van der Waals surface area contributed by atoms with Crippen LogP contribution in [-0.2, 0) is 11.2 Å². The molecule has 3 rings (SSSR count). The van der Waals surface area contributed by atoms with Crippen LogP contribution >= 0.6 is 0 Å². The number of carbonyl (C=O) groups is 1. The molecule has 5 heteroatoms. The molecule has 1 aliphatic rings. The predicted molar refractivity (Wildman–Crippen MR) is 86.7 cm³/mol. The highest BCUT2D eigenvalue weighted by molar-refractivity contribution is 5.78. The van der Waals surface area contributed by atoms with Gasteiger partial charge in [-0.25, -0.2) is 4.98 Å². The normalized spacial score (nSPS) is 18.1. The lowest BCUT2D eigenvalue weighted by molar-refractivity contribution is -0.134. The zero-order valence-electron chi connectivity index (χ0n) is 13.1. The van der Waals surface area contributed by atoms with Crippen LogP contribution in [-0.4, -0.2) is 40.1 Å². The van der Waals surface area contributed by atoms with Crippen molar-refractivity contribution < 1.29 is 14.3 Å². The Hall–Kier alpha value is -2.14. The minimum atomic E-state index is 0.0658. The van der Waals surface area contributed by atoms with Gasteiger partial charge in [0.05, 0.1) is 12.1 Å². The standard InChI is InChI=1S/C18H22N2O3/c21-11-9-16-8-4-5-10-20(16)17(22)12-15-13-23-18(19-15)14-6-2-1-3-7-14/h1-3,6-7,13,16,21H,4-5,8-12H2. The third-order valence-electron chi connectivity index (χ3n) is 4.31. The summed E-state index contributed by atoms with van der Waals surface area (Å²) < 4.78 is 5.49. The van der Waals surface area contributed by atoms with Gasteiger partial charge in [0.15, 0.2) is 0 Å². The number of aliphatic hydroxyl groups excluding tert-OH is 1. The molecule has 0 saturated carbocycles. The third kappa shape index (κ3) is 3.79. The number of amides is 1. The van der Waals surface area contributed by atoms with Crippen LogP contribution in [0.1, 0.15) is 31.4 Å². The van der Waals surface area contributed by atoms with Crippen LogP contribution < -0.4 is 0 Å². The lowest BCUT2D eigenvalue weighted by atomic mass is 9.99. The van der Waals surface area contributed by atoms with E-state index in [4.69, 9.17) is 4.42 Å². The van der Waals surface area contributed by atoms with Gasteiger partial charge in [-0.3, -0.25) is 4.79 Å². The molecule has 2 aromatic rings. The van der Waals surface area contributed by atoms with E-state index >= 15 is 0 Å². The van der Waals surface area contributed by atoms with Crippen LogP contribution in [0.5, 0.6) is 0 Å². The fourth-order valence-corrected chi connectivity index (χ4v) is 3.14. The first kappa shape index (κ1) is 15.7. The van der Waals surface area contributed by atoms with Gasteiger partial charge in [0.1, 0.15) is 6.26 Å². The second-order valence-corrected chi connectivity index (χ2v) is 5.94. The highest BCUT2D eigenvalue weighted by atomic mass is 16.3. The van der Waals surface area contributed by atoms with Gasteiger partial charge in [-0.1, -0.05) is 18.2 Å². The molecule has 1 saturated heterocycles. The van der Waals surface area contributed by atoms with Gasteiger partial charge in [-0.15, -0.1) is 0 Å². The van der Waals surface area contributed by atoms with E-state index in [9.17, 15) is 9.90 Å². The first-order valence-electron chi connectivity index (χ1n) is 8.18. The van der Waals surface area contributed by atoms with Crippen LogP contribution in [0.2, 0.25) is 0 Å². The summed E-state index contributed by atoms with van der Waals surface area (Å²) in [6.07, 6.45) is 5.59. The van der Waals surface area contributed by atoms with Gasteiger partial charge in [-0.2, -0.15) is 0 Å². The second-order valence-electron chi connectivity index (χ2n) is 5.94. The van der Waals surface area contributed by atoms with E-state index in [2.05, 4.69) is 4.98 Å². The zero-order valence-corrected chi connectivity index (χ0v) is 13.1. The smallest absolute Gasteiger partial charge is 0.228 e. The van der Waals surface area contributed by atoms with Crippen molar-refractivity contribution in [2.45, 2.75) is 38.1 Å². The molecule has 1 aliphatic heterocycles. The molecule has 0 radical (unpaired) electrons. The number of nitrogens with zero attached hydrogens (tertiary/aromatic N) is 2. The maximum atomic E-state index is 12.6. The summed E-state index contributed by atoms with van der Waals surface area (Å²) in [5, 5.41) is 9.17. The minimum Gasteiger partial charge on any atom is -0.444 e. The highest BCUT2D eigenvalue weighted by Crippen LogP contribution is 2.22. The van der Waals surface area contributed by atoms with Gasteiger partial charge < -0.3 is 14.4 Å². The molecule has 1 unspecified atom stereocenters. The molecule has 1 amide bonds. The maximum absolute atomic E-state index is 12.6. The number of carbonyl (C=O) groups excluding carboxylic acids is 1. The Morgan fingerprint density at radius 3 is 2.91 bits per heavy atom. The van der Waals surface area contributed by atoms with Gasteiger partial charge in [-0.05, 0) is 37.8 Å². The Kier molecular flexibility index (Phi) is 5.08. The molecule has 1 aromatic carbocycles.